The lowest BCUT2D eigenvalue weighted by Crippen LogP contribution is -2.35. The molecule has 34 heavy (non-hydrogen) atoms. The van der Waals surface area contributed by atoms with Crippen molar-refractivity contribution < 1.29 is 22.6 Å². The van der Waals surface area contributed by atoms with Crippen LogP contribution in [-0.2, 0) is 27.8 Å². The Balaban J connectivity index is 1.61. The van der Waals surface area contributed by atoms with Crippen molar-refractivity contribution in [1.29, 1.82) is 0 Å². The van der Waals surface area contributed by atoms with Gasteiger partial charge in [0.15, 0.2) is 11.5 Å². The minimum absolute atomic E-state index is 0.137. The van der Waals surface area contributed by atoms with E-state index < -0.39 is 10.0 Å². The van der Waals surface area contributed by atoms with E-state index in [1.807, 2.05) is 30.3 Å². The average molecular weight is 483 g/mol. The number of nitrogens with zero attached hydrogens (tertiary/aromatic N) is 2. The smallest absolute Gasteiger partial charge is 0.264 e. The van der Waals surface area contributed by atoms with Crippen LogP contribution in [0.4, 0.5) is 5.69 Å². The summed E-state index contributed by atoms with van der Waals surface area (Å²) in [4.78, 5) is 2.49. The van der Waals surface area contributed by atoms with Crippen LogP contribution in [0.2, 0.25) is 0 Å². The van der Waals surface area contributed by atoms with Gasteiger partial charge in [-0.2, -0.15) is 0 Å². The Bertz CT molecular complexity index is 1180. The molecule has 7 nitrogen and oxygen atoms in total. The molecule has 1 aliphatic rings. The molecule has 0 bridgehead atoms. The maximum absolute atomic E-state index is 13.7. The molecule has 0 amide bonds. The predicted octanol–water partition coefficient (Wildman–Crippen LogP) is 3.93. The van der Waals surface area contributed by atoms with E-state index in [9.17, 15) is 8.42 Å². The molecule has 0 atom stereocenters. The maximum Gasteiger partial charge on any atom is 0.264 e. The van der Waals surface area contributed by atoms with Gasteiger partial charge in [0.1, 0.15) is 0 Å². The molecule has 1 fully saturated rings. The Kier molecular flexibility index (Phi) is 7.72. The van der Waals surface area contributed by atoms with E-state index in [4.69, 9.17) is 14.2 Å². The zero-order valence-corrected chi connectivity index (χ0v) is 20.3. The lowest BCUT2D eigenvalue weighted by molar-refractivity contribution is 0.0342. The second kappa shape index (κ2) is 10.9. The van der Waals surface area contributed by atoms with Gasteiger partial charge >= 0.3 is 0 Å². The summed E-state index contributed by atoms with van der Waals surface area (Å²) in [6.45, 7) is 4.44. The third-order valence-electron chi connectivity index (χ3n) is 5.85. The van der Waals surface area contributed by atoms with E-state index in [2.05, 4.69) is 17.0 Å². The van der Waals surface area contributed by atoms with E-state index >= 15 is 0 Å². The summed E-state index contributed by atoms with van der Waals surface area (Å²) in [7, 11) is -0.860. The van der Waals surface area contributed by atoms with Crippen molar-refractivity contribution in [3.8, 4) is 11.5 Å². The number of ether oxygens (including phenoxy) is 3. The number of hydrogen-bond acceptors (Lipinski definition) is 6. The zero-order chi connectivity index (χ0) is 24.0. The highest BCUT2D eigenvalue weighted by Gasteiger charge is 2.26. The highest BCUT2D eigenvalue weighted by atomic mass is 32.2. The van der Waals surface area contributed by atoms with Crippen LogP contribution in [0.1, 0.15) is 11.1 Å². The molecular formula is C26H30N2O5S. The number of rotatable bonds is 9. The summed E-state index contributed by atoms with van der Waals surface area (Å²) in [5.74, 6) is 0.840. The summed E-state index contributed by atoms with van der Waals surface area (Å²) in [6, 6.07) is 21.9. The Labute approximate surface area is 201 Å². The molecule has 3 aromatic carbocycles. The van der Waals surface area contributed by atoms with Crippen molar-refractivity contribution in [3.05, 3.63) is 83.9 Å². The van der Waals surface area contributed by atoms with Crippen LogP contribution in [0, 0.1) is 0 Å². The molecule has 4 rings (SSSR count). The summed E-state index contributed by atoms with van der Waals surface area (Å²) in [6.07, 6.45) is 0. The first kappa shape index (κ1) is 24.1. The lowest BCUT2D eigenvalue weighted by Gasteiger charge is -2.27. The number of benzene rings is 3. The number of methoxy groups -OCH3 is 2. The third-order valence-corrected chi connectivity index (χ3v) is 7.62. The Morgan fingerprint density at radius 2 is 1.50 bits per heavy atom. The molecular weight excluding hydrogens is 452 g/mol. The van der Waals surface area contributed by atoms with E-state index in [0.717, 1.165) is 38.4 Å². The topological polar surface area (TPSA) is 68.3 Å². The van der Waals surface area contributed by atoms with E-state index in [1.54, 1.807) is 18.2 Å². The quantitative estimate of drug-likeness (QED) is 0.460. The second-order valence-corrected chi connectivity index (χ2v) is 9.93. The van der Waals surface area contributed by atoms with Gasteiger partial charge in [-0.1, -0.05) is 42.5 Å². The highest BCUT2D eigenvalue weighted by Crippen LogP contribution is 2.33. The molecule has 1 saturated heterocycles. The first-order valence-electron chi connectivity index (χ1n) is 11.2. The number of sulfonamides is 1. The highest BCUT2D eigenvalue weighted by molar-refractivity contribution is 7.92. The summed E-state index contributed by atoms with van der Waals surface area (Å²) < 4.78 is 44.9. The molecule has 180 valence electrons. The van der Waals surface area contributed by atoms with Gasteiger partial charge in [0.2, 0.25) is 0 Å². The fourth-order valence-corrected chi connectivity index (χ4v) is 5.42. The van der Waals surface area contributed by atoms with Crippen LogP contribution >= 0.6 is 0 Å². The minimum Gasteiger partial charge on any atom is -0.493 e. The number of morpholine rings is 1. The number of para-hydroxylation sites is 1. The first-order valence-corrected chi connectivity index (χ1v) is 12.6. The van der Waals surface area contributed by atoms with Crippen molar-refractivity contribution in [2.24, 2.45) is 0 Å². The van der Waals surface area contributed by atoms with Crippen LogP contribution in [-0.4, -0.2) is 53.8 Å². The summed E-state index contributed by atoms with van der Waals surface area (Å²) in [5.41, 5.74) is 2.69. The van der Waals surface area contributed by atoms with Crippen LogP contribution in [0.25, 0.3) is 0 Å². The van der Waals surface area contributed by atoms with Crippen molar-refractivity contribution in [2.45, 2.75) is 18.0 Å². The second-order valence-electron chi connectivity index (χ2n) is 8.07. The Morgan fingerprint density at radius 1 is 0.853 bits per heavy atom. The van der Waals surface area contributed by atoms with Gasteiger partial charge in [-0.3, -0.25) is 9.21 Å². The molecule has 0 saturated carbocycles. The molecule has 0 unspecified atom stereocenters. The van der Waals surface area contributed by atoms with Crippen LogP contribution in [0.15, 0.2) is 77.7 Å². The monoisotopic (exact) mass is 482 g/mol. The van der Waals surface area contributed by atoms with Gasteiger partial charge in [-0.25, -0.2) is 8.42 Å². The molecule has 0 radical (unpaired) electrons. The maximum atomic E-state index is 13.7. The molecule has 0 spiro atoms. The Morgan fingerprint density at radius 3 is 2.15 bits per heavy atom. The van der Waals surface area contributed by atoms with Gasteiger partial charge in [0.25, 0.3) is 10.0 Å². The van der Waals surface area contributed by atoms with Crippen molar-refractivity contribution in [2.75, 3.05) is 44.8 Å². The molecule has 0 N–H and O–H groups in total. The van der Waals surface area contributed by atoms with Crippen molar-refractivity contribution >= 4 is 15.7 Å². The van der Waals surface area contributed by atoms with Crippen molar-refractivity contribution in [1.82, 2.24) is 4.90 Å². The van der Waals surface area contributed by atoms with Gasteiger partial charge < -0.3 is 14.2 Å². The predicted molar refractivity (Wildman–Crippen MR) is 132 cm³/mol. The molecule has 1 aliphatic heterocycles. The van der Waals surface area contributed by atoms with Crippen LogP contribution in [0.3, 0.4) is 0 Å². The van der Waals surface area contributed by atoms with Gasteiger partial charge in [-0.15, -0.1) is 0 Å². The minimum atomic E-state index is -3.87. The fourth-order valence-electron chi connectivity index (χ4n) is 3.95. The standard InChI is InChI=1S/C26H30N2O5S/c1-31-25-13-12-24(18-26(25)32-2)34(29,30)28(23-6-4-3-5-7-23)20-22-10-8-21(9-11-22)19-27-14-16-33-17-15-27/h3-13,18H,14-17,19-20H2,1-2H3. The van der Waals surface area contributed by atoms with E-state index in [0.29, 0.717) is 17.2 Å². The average Bonchev–Trinajstić information content (AvgIpc) is 2.88. The molecule has 0 aliphatic carbocycles. The lowest BCUT2D eigenvalue weighted by atomic mass is 10.1. The SMILES string of the molecule is COc1ccc(S(=O)(=O)N(Cc2ccc(CN3CCOCC3)cc2)c2ccccc2)cc1OC. The number of hydrogen-bond donors (Lipinski definition) is 0. The van der Waals surface area contributed by atoms with Gasteiger partial charge in [-0.05, 0) is 35.4 Å². The fraction of sp³-hybridized carbons (Fsp3) is 0.308. The molecule has 1 heterocycles. The van der Waals surface area contributed by atoms with Gasteiger partial charge in [0, 0.05) is 25.7 Å². The number of anilines is 1. The normalized spacial score (nSPS) is 14.5. The molecule has 8 heteroatoms. The summed E-state index contributed by atoms with van der Waals surface area (Å²) in [5, 5.41) is 0. The van der Waals surface area contributed by atoms with Gasteiger partial charge in [0.05, 0.1) is 44.6 Å². The zero-order valence-electron chi connectivity index (χ0n) is 19.5. The molecule has 3 aromatic rings. The van der Waals surface area contributed by atoms with Crippen molar-refractivity contribution in [3.63, 3.8) is 0 Å². The first-order chi connectivity index (χ1) is 16.5. The van der Waals surface area contributed by atoms with Crippen LogP contribution < -0.4 is 13.8 Å². The van der Waals surface area contributed by atoms with E-state index in [1.165, 1.54) is 36.2 Å². The molecule has 0 aromatic heterocycles. The largest absolute Gasteiger partial charge is 0.493 e. The summed E-state index contributed by atoms with van der Waals surface area (Å²) >= 11 is 0. The third kappa shape index (κ3) is 5.52. The van der Waals surface area contributed by atoms with E-state index in [-0.39, 0.29) is 11.4 Å². The Hall–Kier alpha value is -3.07. The van der Waals surface area contributed by atoms with Crippen LogP contribution in [0.5, 0.6) is 11.5 Å².